The second-order valence-corrected chi connectivity index (χ2v) is 6.32. The summed E-state index contributed by atoms with van der Waals surface area (Å²) in [6.07, 6.45) is 0. The molecule has 2 N–H and O–H groups in total. The first kappa shape index (κ1) is 15.5. The van der Waals surface area contributed by atoms with E-state index in [0.717, 1.165) is 5.56 Å². The molecule has 1 aromatic carbocycles. The summed E-state index contributed by atoms with van der Waals surface area (Å²) in [6, 6.07) is 4.78. The highest BCUT2D eigenvalue weighted by atomic mass is 32.2. The number of carbonyl (C=O) groups is 1. The normalized spacial score (nSPS) is 11.3. The quantitative estimate of drug-likeness (QED) is 0.824. The summed E-state index contributed by atoms with van der Waals surface area (Å²) in [7, 11) is -3.69. The van der Waals surface area contributed by atoms with Gasteiger partial charge in [-0.1, -0.05) is 6.07 Å². The Morgan fingerprint density at radius 3 is 2.37 bits per heavy atom. The maximum atomic E-state index is 12.2. The summed E-state index contributed by atoms with van der Waals surface area (Å²) in [6.45, 7) is 6.40. The maximum absolute atomic E-state index is 12.2. The summed E-state index contributed by atoms with van der Waals surface area (Å²) in [5.41, 5.74) is 6.66. The number of aryl methyl sites for hydroxylation is 1. The number of benzene rings is 1. The number of amides is 1. The summed E-state index contributed by atoms with van der Waals surface area (Å²) in [4.78, 5) is 13.4. The predicted octanol–water partition coefficient (Wildman–Crippen LogP) is 1.22. The highest BCUT2D eigenvalue weighted by molar-refractivity contribution is 7.92. The van der Waals surface area contributed by atoms with Crippen molar-refractivity contribution in [1.82, 2.24) is 4.90 Å². The van der Waals surface area contributed by atoms with Gasteiger partial charge in [0.25, 0.3) is 0 Å². The van der Waals surface area contributed by atoms with Crippen LogP contribution >= 0.6 is 0 Å². The molecule has 0 saturated carbocycles. The van der Waals surface area contributed by atoms with Gasteiger partial charge in [0.1, 0.15) is 5.75 Å². The van der Waals surface area contributed by atoms with Crippen LogP contribution in [-0.2, 0) is 14.6 Å². The van der Waals surface area contributed by atoms with E-state index in [1.54, 1.807) is 19.1 Å². The Morgan fingerprint density at radius 2 is 1.84 bits per heavy atom. The fourth-order valence-electron chi connectivity index (χ4n) is 1.82. The topological polar surface area (TPSA) is 80.5 Å². The molecule has 6 heteroatoms. The number of hydrogen-bond acceptors (Lipinski definition) is 4. The van der Waals surface area contributed by atoms with Gasteiger partial charge in [0.2, 0.25) is 5.91 Å². The largest absolute Gasteiger partial charge is 0.398 e. The van der Waals surface area contributed by atoms with E-state index in [1.165, 1.54) is 11.0 Å². The standard InChI is InChI=1S/C13H20N2O3S/c1-4-15(5-2)13(16)9-19(17,18)12-8-10(3)6-7-11(12)14/h6-8H,4-5,9,14H2,1-3H3. The Bertz CT molecular complexity index is 563. The lowest BCUT2D eigenvalue weighted by Gasteiger charge is -2.18. The molecule has 1 amide bonds. The van der Waals surface area contributed by atoms with Crippen LogP contribution < -0.4 is 5.73 Å². The third-order valence-corrected chi connectivity index (χ3v) is 4.58. The van der Waals surface area contributed by atoms with E-state index in [1.807, 2.05) is 13.8 Å². The molecule has 0 atom stereocenters. The molecule has 1 aromatic rings. The Morgan fingerprint density at radius 1 is 1.26 bits per heavy atom. The van der Waals surface area contributed by atoms with Crippen molar-refractivity contribution >= 4 is 21.4 Å². The number of nitrogens with two attached hydrogens (primary N) is 1. The maximum Gasteiger partial charge on any atom is 0.238 e. The van der Waals surface area contributed by atoms with Crippen molar-refractivity contribution in [1.29, 1.82) is 0 Å². The van der Waals surface area contributed by atoms with Gasteiger partial charge in [-0.2, -0.15) is 0 Å². The van der Waals surface area contributed by atoms with Crippen LogP contribution in [0, 0.1) is 6.92 Å². The molecule has 0 saturated heterocycles. The first-order valence-electron chi connectivity index (χ1n) is 6.18. The molecule has 5 nitrogen and oxygen atoms in total. The Hall–Kier alpha value is -1.56. The van der Waals surface area contributed by atoms with E-state index in [-0.39, 0.29) is 10.6 Å². The van der Waals surface area contributed by atoms with Crippen LogP contribution in [0.5, 0.6) is 0 Å². The Balaban J connectivity index is 3.05. The molecule has 0 heterocycles. The van der Waals surface area contributed by atoms with Gasteiger partial charge in [0.15, 0.2) is 9.84 Å². The van der Waals surface area contributed by atoms with Crippen molar-refractivity contribution in [3.8, 4) is 0 Å². The lowest BCUT2D eigenvalue weighted by molar-refractivity contribution is -0.128. The van der Waals surface area contributed by atoms with Gasteiger partial charge in [0.05, 0.1) is 10.6 Å². The first-order valence-corrected chi connectivity index (χ1v) is 7.83. The first-order chi connectivity index (χ1) is 8.81. The summed E-state index contributed by atoms with van der Waals surface area (Å²) >= 11 is 0. The van der Waals surface area contributed by atoms with Crippen LogP contribution in [0.1, 0.15) is 19.4 Å². The van der Waals surface area contributed by atoms with Crippen LogP contribution in [0.4, 0.5) is 5.69 Å². The second kappa shape index (κ2) is 6.06. The zero-order valence-electron chi connectivity index (χ0n) is 11.5. The number of carbonyl (C=O) groups excluding carboxylic acids is 1. The number of rotatable bonds is 5. The molecule has 0 spiro atoms. The molecule has 0 aliphatic carbocycles. The molecule has 0 radical (unpaired) electrons. The molecule has 19 heavy (non-hydrogen) atoms. The highest BCUT2D eigenvalue weighted by Crippen LogP contribution is 2.21. The predicted molar refractivity (Wildman–Crippen MR) is 75.6 cm³/mol. The van der Waals surface area contributed by atoms with Crippen molar-refractivity contribution in [2.45, 2.75) is 25.7 Å². The SMILES string of the molecule is CCN(CC)C(=O)CS(=O)(=O)c1cc(C)ccc1N. The fraction of sp³-hybridized carbons (Fsp3) is 0.462. The highest BCUT2D eigenvalue weighted by Gasteiger charge is 2.24. The monoisotopic (exact) mass is 284 g/mol. The van der Waals surface area contributed by atoms with E-state index in [4.69, 9.17) is 5.73 Å². The lowest BCUT2D eigenvalue weighted by atomic mass is 10.2. The molecular weight excluding hydrogens is 264 g/mol. The summed E-state index contributed by atoms with van der Waals surface area (Å²) in [5, 5.41) is 0. The van der Waals surface area contributed by atoms with E-state index in [2.05, 4.69) is 0 Å². The number of nitrogen functional groups attached to an aromatic ring is 1. The van der Waals surface area contributed by atoms with Gasteiger partial charge in [-0.05, 0) is 38.5 Å². The van der Waals surface area contributed by atoms with E-state index in [9.17, 15) is 13.2 Å². The van der Waals surface area contributed by atoms with Crippen LogP contribution in [0.25, 0.3) is 0 Å². The van der Waals surface area contributed by atoms with E-state index < -0.39 is 21.5 Å². The van der Waals surface area contributed by atoms with Gasteiger partial charge in [-0.3, -0.25) is 4.79 Å². The van der Waals surface area contributed by atoms with E-state index >= 15 is 0 Å². The van der Waals surface area contributed by atoms with Crippen LogP contribution in [-0.4, -0.2) is 38.1 Å². The van der Waals surface area contributed by atoms with Crippen LogP contribution in [0.2, 0.25) is 0 Å². The molecule has 0 bridgehead atoms. The average molecular weight is 284 g/mol. The van der Waals surface area contributed by atoms with Crippen LogP contribution in [0.15, 0.2) is 23.1 Å². The number of nitrogens with zero attached hydrogens (tertiary/aromatic N) is 1. The molecule has 0 aromatic heterocycles. The van der Waals surface area contributed by atoms with Crippen molar-refractivity contribution in [2.75, 3.05) is 24.6 Å². The molecule has 0 aliphatic rings. The van der Waals surface area contributed by atoms with Gasteiger partial charge in [0, 0.05) is 13.1 Å². The zero-order valence-corrected chi connectivity index (χ0v) is 12.3. The Kier molecular flexibility index (Phi) is 4.94. The van der Waals surface area contributed by atoms with Crippen molar-refractivity contribution < 1.29 is 13.2 Å². The zero-order chi connectivity index (χ0) is 14.6. The van der Waals surface area contributed by atoms with Crippen LogP contribution in [0.3, 0.4) is 0 Å². The number of anilines is 1. The van der Waals surface area contributed by atoms with Gasteiger partial charge >= 0.3 is 0 Å². The Labute approximate surface area is 114 Å². The minimum Gasteiger partial charge on any atom is -0.398 e. The van der Waals surface area contributed by atoms with Crippen molar-refractivity contribution in [2.24, 2.45) is 0 Å². The third kappa shape index (κ3) is 3.70. The number of sulfone groups is 1. The summed E-state index contributed by atoms with van der Waals surface area (Å²) < 4.78 is 24.4. The third-order valence-electron chi connectivity index (χ3n) is 2.93. The van der Waals surface area contributed by atoms with Crippen molar-refractivity contribution in [3.05, 3.63) is 23.8 Å². The molecule has 106 valence electrons. The fourth-order valence-corrected chi connectivity index (χ4v) is 3.27. The lowest BCUT2D eigenvalue weighted by Crippen LogP contribution is -2.35. The number of hydrogen-bond donors (Lipinski definition) is 1. The molecule has 0 aliphatic heterocycles. The van der Waals surface area contributed by atoms with Gasteiger partial charge < -0.3 is 10.6 Å². The molecule has 0 unspecified atom stereocenters. The minimum atomic E-state index is -3.69. The smallest absolute Gasteiger partial charge is 0.238 e. The minimum absolute atomic E-state index is 0.0352. The average Bonchev–Trinajstić information content (AvgIpc) is 2.33. The van der Waals surface area contributed by atoms with Gasteiger partial charge in [-0.25, -0.2) is 8.42 Å². The second-order valence-electron chi connectivity index (χ2n) is 4.37. The van der Waals surface area contributed by atoms with Gasteiger partial charge in [-0.15, -0.1) is 0 Å². The van der Waals surface area contributed by atoms with E-state index in [0.29, 0.717) is 13.1 Å². The summed E-state index contributed by atoms with van der Waals surface area (Å²) in [5.74, 6) is -0.937. The molecular formula is C13H20N2O3S. The van der Waals surface area contributed by atoms with Crippen molar-refractivity contribution in [3.63, 3.8) is 0 Å². The molecule has 0 fully saturated rings. The molecule has 1 rings (SSSR count).